The second-order valence-corrected chi connectivity index (χ2v) is 11.5. The summed E-state index contributed by atoms with van der Waals surface area (Å²) in [4.78, 5) is 38.0. The van der Waals surface area contributed by atoms with Crippen molar-refractivity contribution in [3.63, 3.8) is 0 Å². The number of para-hydroxylation sites is 1. The first-order chi connectivity index (χ1) is 20.4. The Balaban J connectivity index is 1.37. The van der Waals surface area contributed by atoms with Gasteiger partial charge in [0.15, 0.2) is 5.75 Å². The zero-order valence-corrected chi connectivity index (χ0v) is 24.6. The molecule has 2 amide bonds. The molecule has 1 aromatic carbocycles. The van der Waals surface area contributed by atoms with Gasteiger partial charge in [-0.05, 0) is 51.1 Å². The lowest BCUT2D eigenvalue weighted by molar-refractivity contribution is -0.126. The number of halogens is 1. The number of ether oxygens (including phenoxy) is 1. The van der Waals surface area contributed by atoms with E-state index in [1.807, 2.05) is 48.2 Å². The molecule has 0 unspecified atom stereocenters. The van der Waals surface area contributed by atoms with E-state index in [2.05, 4.69) is 32.4 Å². The fraction of sp³-hybridized carbons (Fsp3) is 0.344. The number of hydrogen-bond acceptors (Lipinski definition) is 6. The summed E-state index contributed by atoms with van der Waals surface area (Å²) in [6.07, 6.45) is 9.58. The second kappa shape index (κ2) is 11.6. The van der Waals surface area contributed by atoms with Crippen LogP contribution in [-0.4, -0.2) is 78.0 Å². The Labute approximate surface area is 250 Å². The van der Waals surface area contributed by atoms with Crippen LogP contribution in [0, 0.1) is 17.8 Å². The Hall–Kier alpha value is -4.26. The third-order valence-electron chi connectivity index (χ3n) is 7.95. The number of rotatable bonds is 7. The fourth-order valence-corrected chi connectivity index (χ4v) is 6.13. The number of aromatic amines is 1. The van der Waals surface area contributed by atoms with Gasteiger partial charge in [-0.2, -0.15) is 0 Å². The topological polar surface area (TPSA) is 103 Å². The van der Waals surface area contributed by atoms with Crippen LogP contribution in [0.5, 0.6) is 5.75 Å². The van der Waals surface area contributed by atoms with E-state index in [4.69, 9.17) is 16.3 Å². The number of fused-ring (bicyclic) bond motifs is 2. The minimum absolute atomic E-state index is 0.0116. The molecule has 3 atom stereocenters. The summed E-state index contributed by atoms with van der Waals surface area (Å²) in [5.41, 5.74) is 4.86. The highest BCUT2D eigenvalue weighted by Crippen LogP contribution is 2.48. The van der Waals surface area contributed by atoms with Gasteiger partial charge < -0.3 is 30.2 Å². The average molecular weight is 585 g/mol. The van der Waals surface area contributed by atoms with Crippen LogP contribution in [0.25, 0.3) is 11.3 Å². The number of nitrogens with zero attached hydrogens (tertiary/aromatic N) is 3. The van der Waals surface area contributed by atoms with Crippen molar-refractivity contribution in [2.45, 2.75) is 31.3 Å². The number of benzene rings is 1. The Bertz CT molecular complexity index is 1630. The first kappa shape index (κ1) is 27.9. The maximum atomic E-state index is 13.1. The van der Waals surface area contributed by atoms with Gasteiger partial charge in [-0.3, -0.25) is 14.6 Å². The minimum atomic E-state index is -0.161. The number of likely N-dealkylation sites (tertiary alicyclic amines) is 1. The number of likely N-dealkylation sites (N-methyl/N-ethyl adjacent to an activating group) is 1. The van der Waals surface area contributed by atoms with Gasteiger partial charge in [-0.25, -0.2) is 0 Å². The maximum absolute atomic E-state index is 13.1. The number of piperidine rings is 1. The molecular weight excluding hydrogens is 552 g/mol. The number of nitrogens with one attached hydrogen (secondary N) is 3. The summed E-state index contributed by atoms with van der Waals surface area (Å²) in [6, 6.07) is 7.43. The highest BCUT2D eigenvalue weighted by molar-refractivity contribution is 6.32. The molecule has 2 aliphatic heterocycles. The van der Waals surface area contributed by atoms with Crippen molar-refractivity contribution in [3.8, 4) is 28.8 Å². The molecule has 1 saturated carbocycles. The van der Waals surface area contributed by atoms with E-state index in [1.54, 1.807) is 31.6 Å². The SMILES string of the molecule is COc1c(Cl)cccc1Nc1c(-c2ccncc2C#C[C@H]2C[C@@H]3C[C@@H]3N2C(=O)/C=C/CN(C)C)[nH]c2c1C(=O)NCC2. The second-order valence-electron chi connectivity index (χ2n) is 11.1. The monoisotopic (exact) mass is 584 g/mol. The van der Waals surface area contributed by atoms with Gasteiger partial charge in [0, 0.05) is 55.3 Å². The molecule has 9 nitrogen and oxygen atoms in total. The predicted octanol–water partition coefficient (Wildman–Crippen LogP) is 4.23. The molecule has 3 aliphatic rings. The van der Waals surface area contributed by atoms with E-state index in [0.29, 0.717) is 58.7 Å². The molecule has 4 heterocycles. The molecule has 216 valence electrons. The molecule has 1 aliphatic carbocycles. The number of hydrogen-bond donors (Lipinski definition) is 3. The normalized spacial score (nSPS) is 20.5. The Kier molecular flexibility index (Phi) is 7.67. The highest BCUT2D eigenvalue weighted by atomic mass is 35.5. The van der Waals surface area contributed by atoms with Crippen LogP contribution in [0.3, 0.4) is 0 Å². The molecule has 6 rings (SSSR count). The van der Waals surface area contributed by atoms with Crippen molar-refractivity contribution in [1.82, 2.24) is 25.1 Å². The Morgan fingerprint density at radius 3 is 2.98 bits per heavy atom. The summed E-state index contributed by atoms with van der Waals surface area (Å²) in [7, 11) is 5.50. The van der Waals surface area contributed by atoms with Crippen LogP contribution in [0.1, 0.15) is 34.5 Å². The van der Waals surface area contributed by atoms with Gasteiger partial charge in [-0.15, -0.1) is 0 Å². The minimum Gasteiger partial charge on any atom is -0.493 e. The van der Waals surface area contributed by atoms with Crippen molar-refractivity contribution in [2.24, 2.45) is 5.92 Å². The molecule has 0 spiro atoms. The van der Waals surface area contributed by atoms with Crippen LogP contribution in [0.4, 0.5) is 11.4 Å². The van der Waals surface area contributed by atoms with Crippen molar-refractivity contribution in [2.75, 3.05) is 39.6 Å². The quantitative estimate of drug-likeness (QED) is 0.284. The molecule has 1 saturated heterocycles. The predicted molar refractivity (Wildman–Crippen MR) is 163 cm³/mol. The lowest BCUT2D eigenvalue weighted by atomic mass is 10.0. The lowest BCUT2D eigenvalue weighted by Crippen LogP contribution is -2.36. The van der Waals surface area contributed by atoms with Crippen LogP contribution >= 0.6 is 11.6 Å². The molecule has 3 N–H and O–H groups in total. The van der Waals surface area contributed by atoms with Gasteiger partial charge in [0.05, 0.1) is 46.4 Å². The molecular formula is C32H33ClN6O3. The summed E-state index contributed by atoms with van der Waals surface area (Å²) in [5.74, 6) is 7.57. The fourth-order valence-electron chi connectivity index (χ4n) is 5.88. The van der Waals surface area contributed by atoms with Gasteiger partial charge in [0.2, 0.25) is 5.91 Å². The number of methoxy groups -OCH3 is 1. The number of carbonyl (C=O) groups is 2. The zero-order valence-electron chi connectivity index (χ0n) is 23.8. The number of amides is 2. The third kappa shape index (κ3) is 5.36. The van der Waals surface area contributed by atoms with Crippen LogP contribution < -0.4 is 15.4 Å². The van der Waals surface area contributed by atoms with Gasteiger partial charge in [-0.1, -0.05) is 35.6 Å². The van der Waals surface area contributed by atoms with Gasteiger partial charge >= 0.3 is 0 Å². The Morgan fingerprint density at radius 1 is 1.31 bits per heavy atom. The third-order valence-corrected chi connectivity index (χ3v) is 8.25. The summed E-state index contributed by atoms with van der Waals surface area (Å²) in [5, 5.41) is 6.83. The number of pyridine rings is 1. The maximum Gasteiger partial charge on any atom is 0.255 e. The average Bonchev–Trinajstić information content (AvgIpc) is 3.47. The standard InChI is InChI=1S/C32H33ClN6O3/c1-38(2)15-5-8-27(40)39-21(16-20-17-26(20)39)10-9-19-18-34-13-11-22(19)29-30(28-24(36-29)12-14-35-32(28)41)37-25-7-4-6-23(33)31(25)42-3/h4-8,11,13,18,20-21,26,36-37H,12,14-17H2,1-3H3,(H,35,41)/b8-5+/t20-,21+,26+/m1/s1. The van der Waals surface area contributed by atoms with E-state index in [1.165, 1.54) is 0 Å². The van der Waals surface area contributed by atoms with Crippen molar-refractivity contribution in [3.05, 3.63) is 70.7 Å². The van der Waals surface area contributed by atoms with E-state index in [9.17, 15) is 9.59 Å². The molecule has 10 heteroatoms. The highest BCUT2D eigenvalue weighted by Gasteiger charge is 2.53. The van der Waals surface area contributed by atoms with Crippen molar-refractivity contribution < 1.29 is 14.3 Å². The van der Waals surface area contributed by atoms with Crippen molar-refractivity contribution in [1.29, 1.82) is 0 Å². The first-order valence-electron chi connectivity index (χ1n) is 14.1. The molecule has 3 aromatic rings. The largest absolute Gasteiger partial charge is 0.493 e. The zero-order chi connectivity index (χ0) is 29.4. The Morgan fingerprint density at radius 2 is 2.17 bits per heavy atom. The smallest absolute Gasteiger partial charge is 0.255 e. The van der Waals surface area contributed by atoms with E-state index < -0.39 is 0 Å². The summed E-state index contributed by atoms with van der Waals surface area (Å²) >= 11 is 6.40. The lowest BCUT2D eigenvalue weighted by Gasteiger charge is -2.22. The van der Waals surface area contributed by atoms with Crippen LogP contribution in [0.15, 0.2) is 48.8 Å². The molecule has 2 fully saturated rings. The molecule has 0 radical (unpaired) electrons. The van der Waals surface area contributed by atoms with E-state index in [-0.39, 0.29) is 23.9 Å². The number of aromatic nitrogens is 2. The summed E-state index contributed by atoms with van der Waals surface area (Å²) < 4.78 is 5.56. The number of anilines is 2. The van der Waals surface area contributed by atoms with E-state index >= 15 is 0 Å². The number of H-pyrrole nitrogens is 1. The van der Waals surface area contributed by atoms with Gasteiger partial charge in [0.1, 0.15) is 0 Å². The van der Waals surface area contributed by atoms with Crippen LogP contribution in [-0.2, 0) is 11.2 Å². The van der Waals surface area contributed by atoms with E-state index in [0.717, 1.165) is 29.8 Å². The molecule has 42 heavy (non-hydrogen) atoms. The van der Waals surface area contributed by atoms with Crippen molar-refractivity contribution >= 4 is 34.8 Å². The van der Waals surface area contributed by atoms with Gasteiger partial charge in [0.25, 0.3) is 5.91 Å². The van der Waals surface area contributed by atoms with Crippen LogP contribution in [0.2, 0.25) is 5.02 Å². The first-order valence-corrected chi connectivity index (χ1v) is 14.5. The summed E-state index contributed by atoms with van der Waals surface area (Å²) in [6.45, 7) is 1.25. The number of carbonyl (C=O) groups excluding carboxylic acids is 2. The molecule has 0 bridgehead atoms. The molecule has 2 aromatic heterocycles.